The maximum Gasteiger partial charge on any atom is 0.305 e. The number of phenols is 1. The van der Waals surface area contributed by atoms with Crippen LogP contribution in [0, 0.1) is 0 Å². The number of benzene rings is 1. The van der Waals surface area contributed by atoms with E-state index in [1.807, 2.05) is 6.92 Å². The van der Waals surface area contributed by atoms with Gasteiger partial charge in [0.2, 0.25) is 5.78 Å². The van der Waals surface area contributed by atoms with Crippen LogP contribution in [0.2, 0.25) is 0 Å². The molecular formula is C20H23NO6. The number of carbonyl (C=O) groups excluding carboxylic acids is 2. The van der Waals surface area contributed by atoms with Crippen LogP contribution in [0.4, 0.5) is 0 Å². The highest BCUT2D eigenvalue weighted by molar-refractivity contribution is 6.25. The Balaban J connectivity index is 2.11. The maximum atomic E-state index is 12.6. The van der Waals surface area contributed by atoms with Gasteiger partial charge in [-0.1, -0.05) is 19.8 Å². The molecule has 3 N–H and O–H groups in total. The number of ketones is 2. The Hall–Kier alpha value is -2.67. The molecule has 0 radical (unpaired) electrons. The summed E-state index contributed by atoms with van der Waals surface area (Å²) < 4.78 is 5.94. The topological polar surface area (TPSA) is 113 Å². The second kappa shape index (κ2) is 7.52. The summed E-state index contributed by atoms with van der Waals surface area (Å²) in [5, 5.41) is 22.7. The second-order valence-electron chi connectivity index (χ2n) is 6.91. The summed E-state index contributed by atoms with van der Waals surface area (Å²) in [4.78, 5) is 36.2. The number of unbranched alkanes of at least 4 members (excludes halogenated alkanes) is 1. The van der Waals surface area contributed by atoms with Gasteiger partial charge in [0, 0.05) is 24.3 Å². The van der Waals surface area contributed by atoms with Crippen LogP contribution in [0.25, 0.3) is 0 Å². The van der Waals surface area contributed by atoms with Gasteiger partial charge in [0.15, 0.2) is 5.78 Å². The summed E-state index contributed by atoms with van der Waals surface area (Å²) in [6, 6.07) is 1.62. The number of rotatable bonds is 6. The van der Waals surface area contributed by atoms with E-state index in [0.29, 0.717) is 17.5 Å². The van der Waals surface area contributed by atoms with Crippen LogP contribution < -0.4 is 5.32 Å². The van der Waals surface area contributed by atoms with E-state index < -0.39 is 24.0 Å². The van der Waals surface area contributed by atoms with E-state index in [-0.39, 0.29) is 41.2 Å². The zero-order valence-electron chi connectivity index (χ0n) is 15.4. The quantitative estimate of drug-likeness (QED) is 0.702. The number of hydrogen-bond acceptors (Lipinski definition) is 6. The van der Waals surface area contributed by atoms with Crippen molar-refractivity contribution in [3.05, 3.63) is 40.1 Å². The van der Waals surface area contributed by atoms with Crippen molar-refractivity contribution in [3.8, 4) is 5.75 Å². The van der Waals surface area contributed by atoms with E-state index in [2.05, 4.69) is 5.32 Å². The molecule has 0 amide bonds. The Morgan fingerprint density at radius 2 is 2.11 bits per heavy atom. The van der Waals surface area contributed by atoms with E-state index in [1.165, 1.54) is 6.08 Å². The van der Waals surface area contributed by atoms with Crippen molar-refractivity contribution in [1.29, 1.82) is 0 Å². The number of likely N-dealkylation sites (N-methyl/N-ethyl adjacent to an activating group) is 1. The van der Waals surface area contributed by atoms with Gasteiger partial charge < -0.3 is 20.3 Å². The molecule has 1 heterocycles. The summed E-state index contributed by atoms with van der Waals surface area (Å²) in [6.45, 7) is 2.03. The molecule has 0 bridgehead atoms. The number of aromatic hydroxyl groups is 1. The van der Waals surface area contributed by atoms with Gasteiger partial charge in [0.1, 0.15) is 5.75 Å². The van der Waals surface area contributed by atoms with Gasteiger partial charge in [-0.25, -0.2) is 0 Å². The van der Waals surface area contributed by atoms with Crippen LogP contribution in [0.15, 0.2) is 17.8 Å². The Labute approximate surface area is 157 Å². The van der Waals surface area contributed by atoms with E-state index in [9.17, 15) is 19.5 Å². The standard InChI is InChI=1S/C20H23NO6/c1-3-4-5-15-17-10(6-11(27-15)8-16(23)24)7-12-18(20(17)26)14(22)9-13(21-2)19(12)25/h7,9,11,15,21,26H,3-6,8H2,1-2H3,(H,23,24). The van der Waals surface area contributed by atoms with Crippen LogP contribution in [-0.2, 0) is 16.0 Å². The third-order valence-corrected chi connectivity index (χ3v) is 5.05. The average Bonchev–Trinajstić information content (AvgIpc) is 2.61. The molecule has 1 aromatic rings. The molecule has 2 unspecified atom stereocenters. The number of carboxylic acid groups (broad SMARTS) is 1. The number of carbonyl (C=O) groups is 3. The van der Waals surface area contributed by atoms with Gasteiger partial charge >= 0.3 is 5.97 Å². The SMILES string of the molecule is CCCCC1OC(CC(=O)O)Cc2cc3c(c(O)c21)C(=O)C=C(NC)C3=O. The molecule has 2 aliphatic rings. The van der Waals surface area contributed by atoms with Crippen molar-refractivity contribution < 1.29 is 29.3 Å². The Kier molecular flexibility index (Phi) is 5.32. The smallest absolute Gasteiger partial charge is 0.305 e. The number of carboxylic acids is 1. The van der Waals surface area contributed by atoms with Crippen LogP contribution in [0.3, 0.4) is 0 Å². The zero-order valence-corrected chi connectivity index (χ0v) is 15.4. The average molecular weight is 373 g/mol. The molecule has 2 atom stereocenters. The fourth-order valence-corrected chi connectivity index (χ4v) is 3.81. The first kappa shape index (κ1) is 19.1. The number of nitrogens with one attached hydrogen (secondary N) is 1. The molecule has 27 heavy (non-hydrogen) atoms. The summed E-state index contributed by atoms with van der Waals surface area (Å²) in [5.41, 5.74) is 1.49. The van der Waals surface area contributed by atoms with Gasteiger partial charge in [-0.05, 0) is 24.5 Å². The molecule has 0 spiro atoms. The van der Waals surface area contributed by atoms with Crippen molar-refractivity contribution in [1.82, 2.24) is 5.32 Å². The molecule has 0 aromatic heterocycles. The normalized spacial score (nSPS) is 21.3. The Bertz CT molecular complexity index is 841. The summed E-state index contributed by atoms with van der Waals surface area (Å²) in [5.74, 6) is -1.98. The first-order chi connectivity index (χ1) is 12.9. The lowest BCUT2D eigenvalue weighted by Crippen LogP contribution is -2.31. The number of aliphatic carboxylic acids is 1. The Morgan fingerprint density at radius 1 is 1.37 bits per heavy atom. The fraction of sp³-hybridized carbons (Fsp3) is 0.450. The van der Waals surface area contributed by atoms with E-state index in [1.54, 1.807) is 13.1 Å². The number of fused-ring (bicyclic) bond motifs is 2. The van der Waals surface area contributed by atoms with Crippen molar-refractivity contribution in [2.24, 2.45) is 0 Å². The largest absolute Gasteiger partial charge is 0.507 e. The molecule has 0 fully saturated rings. The van der Waals surface area contributed by atoms with Crippen molar-refractivity contribution >= 4 is 17.5 Å². The molecule has 1 aliphatic heterocycles. The molecule has 1 aromatic carbocycles. The van der Waals surface area contributed by atoms with Crippen molar-refractivity contribution in [3.63, 3.8) is 0 Å². The minimum atomic E-state index is -0.966. The minimum absolute atomic E-state index is 0.000432. The first-order valence-corrected chi connectivity index (χ1v) is 9.11. The summed E-state index contributed by atoms with van der Waals surface area (Å²) in [6.07, 6.45) is 2.61. The number of allylic oxidation sites excluding steroid dienone is 2. The van der Waals surface area contributed by atoms with E-state index >= 15 is 0 Å². The molecule has 144 valence electrons. The first-order valence-electron chi connectivity index (χ1n) is 9.11. The maximum absolute atomic E-state index is 12.6. The third-order valence-electron chi connectivity index (χ3n) is 5.05. The summed E-state index contributed by atoms with van der Waals surface area (Å²) >= 11 is 0. The molecule has 7 heteroatoms. The van der Waals surface area contributed by atoms with Gasteiger partial charge in [-0.2, -0.15) is 0 Å². The van der Waals surface area contributed by atoms with Crippen molar-refractivity contribution in [2.45, 2.75) is 51.2 Å². The van der Waals surface area contributed by atoms with E-state index in [4.69, 9.17) is 9.84 Å². The highest BCUT2D eigenvalue weighted by Crippen LogP contribution is 2.44. The highest BCUT2D eigenvalue weighted by atomic mass is 16.5. The zero-order chi connectivity index (χ0) is 19.7. The van der Waals surface area contributed by atoms with Crippen LogP contribution in [0.5, 0.6) is 5.75 Å². The van der Waals surface area contributed by atoms with Crippen LogP contribution in [-0.4, -0.2) is 40.9 Å². The number of ether oxygens (including phenoxy) is 1. The molecule has 3 rings (SSSR count). The van der Waals surface area contributed by atoms with Crippen LogP contribution in [0.1, 0.15) is 70.6 Å². The fourth-order valence-electron chi connectivity index (χ4n) is 3.81. The van der Waals surface area contributed by atoms with Gasteiger partial charge in [0.05, 0.1) is 29.9 Å². The minimum Gasteiger partial charge on any atom is -0.507 e. The van der Waals surface area contributed by atoms with Crippen molar-refractivity contribution in [2.75, 3.05) is 7.05 Å². The predicted octanol–water partition coefficient (Wildman–Crippen LogP) is 2.52. The molecule has 1 aliphatic carbocycles. The number of Topliss-reactive ketones (excluding diaryl/α,β-unsaturated/α-hetero) is 1. The predicted molar refractivity (Wildman–Crippen MR) is 97.0 cm³/mol. The van der Waals surface area contributed by atoms with Crippen LogP contribution >= 0.6 is 0 Å². The third kappa shape index (κ3) is 3.47. The number of phenolic OH excluding ortho intramolecular Hbond substituents is 1. The lowest BCUT2D eigenvalue weighted by Gasteiger charge is -2.34. The monoisotopic (exact) mass is 373 g/mol. The summed E-state index contributed by atoms with van der Waals surface area (Å²) in [7, 11) is 1.55. The molecule has 0 saturated carbocycles. The lowest BCUT2D eigenvalue weighted by molar-refractivity contribution is -0.142. The Morgan fingerprint density at radius 3 is 2.74 bits per heavy atom. The van der Waals surface area contributed by atoms with Gasteiger partial charge in [-0.3, -0.25) is 14.4 Å². The molecular weight excluding hydrogens is 350 g/mol. The molecule has 7 nitrogen and oxygen atoms in total. The second-order valence-corrected chi connectivity index (χ2v) is 6.91. The number of hydrogen-bond donors (Lipinski definition) is 3. The van der Waals surface area contributed by atoms with Gasteiger partial charge in [-0.15, -0.1) is 0 Å². The lowest BCUT2D eigenvalue weighted by atomic mass is 9.82. The highest BCUT2D eigenvalue weighted by Gasteiger charge is 2.37. The van der Waals surface area contributed by atoms with Gasteiger partial charge in [0.25, 0.3) is 0 Å². The molecule has 0 saturated heterocycles. The van der Waals surface area contributed by atoms with E-state index in [0.717, 1.165) is 12.8 Å².